The van der Waals surface area contributed by atoms with E-state index in [1.165, 1.54) is 25.2 Å². The second-order valence-electron chi connectivity index (χ2n) is 8.88. The molecule has 1 aliphatic heterocycles. The molecule has 0 aromatic heterocycles. The summed E-state index contributed by atoms with van der Waals surface area (Å²) in [5.41, 5.74) is -4.28. The minimum Gasteiger partial charge on any atom is -0.325 e. The van der Waals surface area contributed by atoms with Gasteiger partial charge in [-0.05, 0) is 31.4 Å². The number of rotatable bonds is 2. The Morgan fingerprint density at radius 3 is 2.00 bits per heavy atom. The first kappa shape index (κ1) is 20.4. The summed E-state index contributed by atoms with van der Waals surface area (Å²) >= 11 is 0. The summed E-state index contributed by atoms with van der Waals surface area (Å²) in [4.78, 5) is 39.6. The molecule has 3 rings (SSSR count). The number of nitrogens with one attached hydrogen (secondary N) is 1. The number of likely N-dealkylation sites (tertiary alicyclic amines) is 1. The first-order valence-electron chi connectivity index (χ1n) is 9.02. The third-order valence-corrected chi connectivity index (χ3v) is 6.01. The van der Waals surface area contributed by atoms with Crippen molar-refractivity contribution in [2.75, 3.05) is 12.4 Å². The minimum atomic E-state index is -4.61. The van der Waals surface area contributed by atoms with Gasteiger partial charge in [0.25, 0.3) is 0 Å². The average molecular weight is 396 g/mol. The molecule has 1 heterocycles. The Kier molecular flexibility index (Phi) is 4.40. The Morgan fingerprint density at radius 1 is 1.00 bits per heavy atom. The van der Waals surface area contributed by atoms with Crippen molar-refractivity contribution >= 4 is 23.4 Å². The zero-order chi connectivity index (χ0) is 21.1. The number of carbonyl (C=O) groups excluding carboxylic acids is 3. The van der Waals surface area contributed by atoms with E-state index in [9.17, 15) is 27.6 Å². The summed E-state index contributed by atoms with van der Waals surface area (Å²) in [5, 5.41) is 2.40. The number of imide groups is 1. The van der Waals surface area contributed by atoms with Gasteiger partial charge in [-0.1, -0.05) is 32.9 Å². The number of amides is 3. The molecule has 2 aliphatic rings. The van der Waals surface area contributed by atoms with Crippen LogP contribution in [0.15, 0.2) is 24.3 Å². The number of hydrogen-bond acceptors (Lipinski definition) is 3. The van der Waals surface area contributed by atoms with E-state index in [-0.39, 0.29) is 30.3 Å². The second kappa shape index (κ2) is 6.06. The van der Waals surface area contributed by atoms with E-state index in [4.69, 9.17) is 0 Å². The van der Waals surface area contributed by atoms with E-state index in [0.717, 1.165) is 11.0 Å². The van der Waals surface area contributed by atoms with Gasteiger partial charge < -0.3 is 5.32 Å². The van der Waals surface area contributed by atoms with E-state index >= 15 is 0 Å². The lowest BCUT2D eigenvalue weighted by Crippen LogP contribution is -2.63. The van der Waals surface area contributed by atoms with Gasteiger partial charge >= 0.3 is 6.18 Å². The molecular formula is C20H23F3N2O3. The van der Waals surface area contributed by atoms with E-state index in [1.54, 1.807) is 20.8 Å². The molecule has 0 radical (unpaired) electrons. The molecule has 1 aliphatic carbocycles. The number of anilines is 1. The Hall–Kier alpha value is -2.38. The smallest absolute Gasteiger partial charge is 0.325 e. The minimum absolute atomic E-state index is 0.159. The van der Waals surface area contributed by atoms with Crippen LogP contribution >= 0.6 is 0 Å². The highest BCUT2D eigenvalue weighted by molar-refractivity contribution is 6.05. The predicted octanol–water partition coefficient (Wildman–Crippen LogP) is 3.85. The fourth-order valence-corrected chi connectivity index (χ4v) is 5.25. The molecule has 5 nitrogen and oxygen atoms in total. The summed E-state index contributed by atoms with van der Waals surface area (Å²) in [6.45, 7) is 5.04. The molecule has 1 aromatic carbocycles. The number of nitrogens with zero attached hydrogens (tertiary/aromatic N) is 1. The fraction of sp³-hybridized carbons (Fsp3) is 0.550. The third kappa shape index (κ3) is 3.08. The number of piperidine rings is 1. The highest BCUT2D eigenvalue weighted by atomic mass is 19.4. The van der Waals surface area contributed by atoms with Crippen molar-refractivity contribution in [2.45, 2.75) is 46.2 Å². The van der Waals surface area contributed by atoms with Crippen molar-refractivity contribution in [1.82, 2.24) is 4.90 Å². The molecule has 2 atom stereocenters. The van der Waals surface area contributed by atoms with Crippen LogP contribution in [-0.4, -0.2) is 29.7 Å². The van der Waals surface area contributed by atoms with E-state index in [1.807, 2.05) is 0 Å². The zero-order valence-corrected chi connectivity index (χ0v) is 16.2. The van der Waals surface area contributed by atoms with Crippen LogP contribution in [0, 0.1) is 16.2 Å². The second-order valence-corrected chi connectivity index (χ2v) is 8.88. The summed E-state index contributed by atoms with van der Waals surface area (Å²) in [7, 11) is 1.43. The molecule has 0 spiro atoms. The van der Waals surface area contributed by atoms with Crippen LogP contribution in [0.3, 0.4) is 0 Å². The van der Waals surface area contributed by atoms with Gasteiger partial charge in [-0.25, -0.2) is 0 Å². The quantitative estimate of drug-likeness (QED) is 0.773. The molecule has 3 amide bonds. The Labute approximate surface area is 161 Å². The first-order valence-corrected chi connectivity index (χ1v) is 9.02. The fourth-order valence-electron chi connectivity index (χ4n) is 5.25. The predicted molar refractivity (Wildman–Crippen MR) is 96.0 cm³/mol. The molecule has 152 valence electrons. The molecule has 1 saturated heterocycles. The molecule has 1 N–H and O–H groups in total. The van der Waals surface area contributed by atoms with Crippen LogP contribution < -0.4 is 5.32 Å². The molecule has 2 bridgehead atoms. The summed E-state index contributed by atoms with van der Waals surface area (Å²) in [6.07, 6.45) is -3.97. The van der Waals surface area contributed by atoms with Crippen molar-refractivity contribution in [3.05, 3.63) is 29.8 Å². The number of alkyl halides is 3. The van der Waals surface area contributed by atoms with E-state index < -0.39 is 33.9 Å². The van der Waals surface area contributed by atoms with Crippen LogP contribution in [0.5, 0.6) is 0 Å². The van der Waals surface area contributed by atoms with Gasteiger partial charge in [0.05, 0.1) is 11.3 Å². The summed E-state index contributed by atoms with van der Waals surface area (Å²) < 4.78 is 39.7. The van der Waals surface area contributed by atoms with Crippen LogP contribution in [0.2, 0.25) is 0 Å². The van der Waals surface area contributed by atoms with Gasteiger partial charge in [-0.3, -0.25) is 19.3 Å². The maximum atomic E-state index is 13.2. The zero-order valence-electron chi connectivity index (χ0n) is 16.2. The molecule has 8 heteroatoms. The number of para-hydroxylation sites is 1. The third-order valence-electron chi connectivity index (χ3n) is 6.01. The Bertz CT molecular complexity index is 836. The Morgan fingerprint density at radius 2 is 1.50 bits per heavy atom. The maximum Gasteiger partial charge on any atom is 0.418 e. The first-order chi connectivity index (χ1) is 12.7. The molecular weight excluding hydrogens is 373 g/mol. The highest BCUT2D eigenvalue weighted by Crippen LogP contribution is 2.58. The standard InChI is InChI=1S/C20H23F3N2O3/c1-17(14(26)24-13-8-6-5-7-12(13)20(21,22)23)9-18(2)11-19(3,10-17)16(28)25(4)15(18)27/h5-8H,9-11H2,1-4H3,(H,24,26). The van der Waals surface area contributed by atoms with Crippen molar-refractivity contribution < 1.29 is 27.6 Å². The van der Waals surface area contributed by atoms with Gasteiger partial charge in [0.15, 0.2) is 0 Å². The molecule has 1 saturated carbocycles. The molecule has 2 fully saturated rings. The lowest BCUT2D eigenvalue weighted by molar-refractivity contribution is -0.177. The molecule has 2 unspecified atom stereocenters. The van der Waals surface area contributed by atoms with E-state index in [2.05, 4.69) is 5.32 Å². The van der Waals surface area contributed by atoms with Crippen molar-refractivity contribution in [1.29, 1.82) is 0 Å². The highest BCUT2D eigenvalue weighted by Gasteiger charge is 2.62. The lowest BCUT2D eigenvalue weighted by Gasteiger charge is -2.55. The van der Waals surface area contributed by atoms with Crippen molar-refractivity contribution in [3.8, 4) is 0 Å². The van der Waals surface area contributed by atoms with Crippen LogP contribution in [0.4, 0.5) is 18.9 Å². The van der Waals surface area contributed by atoms with Gasteiger partial charge in [-0.2, -0.15) is 13.2 Å². The Balaban J connectivity index is 1.95. The topological polar surface area (TPSA) is 66.5 Å². The monoisotopic (exact) mass is 396 g/mol. The normalized spacial score (nSPS) is 33.0. The number of halogens is 3. The van der Waals surface area contributed by atoms with Gasteiger partial charge in [0.1, 0.15) is 0 Å². The van der Waals surface area contributed by atoms with Gasteiger partial charge in [0, 0.05) is 23.3 Å². The SMILES string of the molecule is CN1C(=O)C2(C)CC(C)(C(=O)Nc3ccccc3C(F)(F)F)CC(C)(C2)C1=O. The van der Waals surface area contributed by atoms with Gasteiger partial charge in [0.2, 0.25) is 17.7 Å². The maximum absolute atomic E-state index is 13.2. The van der Waals surface area contributed by atoms with Crippen molar-refractivity contribution in [2.24, 2.45) is 16.2 Å². The summed E-state index contributed by atoms with van der Waals surface area (Å²) in [6, 6.07) is 4.76. The van der Waals surface area contributed by atoms with Crippen LogP contribution in [0.1, 0.15) is 45.6 Å². The van der Waals surface area contributed by atoms with E-state index in [0.29, 0.717) is 6.42 Å². The van der Waals surface area contributed by atoms with Crippen LogP contribution in [-0.2, 0) is 20.6 Å². The summed E-state index contributed by atoms with van der Waals surface area (Å²) in [5.74, 6) is -1.33. The molecule has 1 aromatic rings. The van der Waals surface area contributed by atoms with Gasteiger partial charge in [-0.15, -0.1) is 0 Å². The average Bonchev–Trinajstić information content (AvgIpc) is 2.57. The number of hydrogen-bond donors (Lipinski definition) is 1. The lowest BCUT2D eigenvalue weighted by atomic mass is 9.51. The van der Waals surface area contributed by atoms with Crippen molar-refractivity contribution in [3.63, 3.8) is 0 Å². The number of fused-ring (bicyclic) bond motifs is 2. The number of benzene rings is 1. The molecule has 28 heavy (non-hydrogen) atoms. The largest absolute Gasteiger partial charge is 0.418 e. The number of carbonyl (C=O) groups is 3. The van der Waals surface area contributed by atoms with Crippen LogP contribution in [0.25, 0.3) is 0 Å².